The van der Waals surface area contributed by atoms with Crippen molar-refractivity contribution in [1.29, 1.82) is 0 Å². The Kier molecular flexibility index (Phi) is 6.76. The molecule has 0 fully saturated rings. The lowest BCUT2D eigenvalue weighted by Gasteiger charge is -2.11. The van der Waals surface area contributed by atoms with Crippen LogP contribution in [0.15, 0.2) is 84.9 Å². The van der Waals surface area contributed by atoms with Crippen LogP contribution in [0.5, 0.6) is 11.5 Å². The maximum atomic E-state index is 12.5. The Bertz CT molecular complexity index is 1300. The van der Waals surface area contributed by atoms with Gasteiger partial charge in [-0.1, -0.05) is 48.0 Å². The van der Waals surface area contributed by atoms with Crippen LogP contribution in [0.4, 0.5) is 11.4 Å². The first-order valence-corrected chi connectivity index (χ1v) is 10.6. The summed E-state index contributed by atoms with van der Waals surface area (Å²) in [5.74, 6) is 0.439. The molecule has 4 aromatic rings. The number of fused-ring (bicyclic) bond motifs is 1. The topological polar surface area (TPSA) is 76.7 Å². The van der Waals surface area contributed by atoms with Crippen molar-refractivity contribution < 1.29 is 19.1 Å². The van der Waals surface area contributed by atoms with Crippen molar-refractivity contribution in [1.82, 2.24) is 0 Å². The van der Waals surface area contributed by atoms with E-state index in [1.165, 1.54) is 7.11 Å². The fourth-order valence-corrected chi connectivity index (χ4v) is 3.58. The number of nitrogens with one attached hydrogen (secondary N) is 2. The van der Waals surface area contributed by atoms with E-state index in [9.17, 15) is 9.59 Å². The van der Waals surface area contributed by atoms with E-state index >= 15 is 0 Å². The highest BCUT2D eigenvalue weighted by Crippen LogP contribution is 2.27. The van der Waals surface area contributed by atoms with Gasteiger partial charge in [0.2, 0.25) is 0 Å². The fraction of sp³-hybridized carbons (Fsp3) is 0.0769. The van der Waals surface area contributed by atoms with Gasteiger partial charge in [0.25, 0.3) is 11.8 Å². The third kappa shape index (κ3) is 5.42. The first kappa shape index (κ1) is 22.2. The Morgan fingerprint density at radius 2 is 1.64 bits per heavy atom. The quantitative estimate of drug-likeness (QED) is 0.367. The number of carbonyl (C=O) groups is 2. The minimum Gasteiger partial charge on any atom is -0.495 e. The standard InChI is InChI=1S/C26H21ClN2O4/c1-32-24-14-11-19(15-22(24)27)28-26(31)18-9-12-20(13-10-18)33-16-25(30)29-23-8-4-6-17-5-2-3-7-21(17)23/h2-15H,16H2,1H3,(H,28,31)(H,29,30). The van der Waals surface area contributed by atoms with Crippen LogP contribution in [0.1, 0.15) is 10.4 Å². The van der Waals surface area contributed by atoms with E-state index in [4.69, 9.17) is 21.1 Å². The van der Waals surface area contributed by atoms with Gasteiger partial charge in [0.15, 0.2) is 6.61 Å². The Morgan fingerprint density at radius 1 is 0.879 bits per heavy atom. The smallest absolute Gasteiger partial charge is 0.262 e. The molecule has 7 heteroatoms. The molecule has 2 amide bonds. The molecule has 166 valence electrons. The first-order valence-electron chi connectivity index (χ1n) is 10.2. The predicted molar refractivity (Wildman–Crippen MR) is 130 cm³/mol. The largest absolute Gasteiger partial charge is 0.495 e. The van der Waals surface area contributed by atoms with Gasteiger partial charge < -0.3 is 20.1 Å². The van der Waals surface area contributed by atoms with Crippen molar-refractivity contribution in [3.8, 4) is 11.5 Å². The Balaban J connectivity index is 1.33. The molecule has 0 bridgehead atoms. The molecule has 2 N–H and O–H groups in total. The van der Waals surface area contributed by atoms with Crippen molar-refractivity contribution in [3.05, 3.63) is 95.5 Å². The highest BCUT2D eigenvalue weighted by molar-refractivity contribution is 6.32. The average molecular weight is 461 g/mol. The summed E-state index contributed by atoms with van der Waals surface area (Å²) in [5.41, 5.74) is 1.72. The number of amides is 2. The van der Waals surface area contributed by atoms with Crippen LogP contribution in [-0.4, -0.2) is 25.5 Å². The van der Waals surface area contributed by atoms with Crippen LogP contribution < -0.4 is 20.1 Å². The highest BCUT2D eigenvalue weighted by Gasteiger charge is 2.10. The predicted octanol–water partition coefficient (Wildman–Crippen LogP) is 5.77. The van der Waals surface area contributed by atoms with E-state index < -0.39 is 0 Å². The molecule has 33 heavy (non-hydrogen) atoms. The highest BCUT2D eigenvalue weighted by atomic mass is 35.5. The SMILES string of the molecule is COc1ccc(NC(=O)c2ccc(OCC(=O)Nc3cccc4ccccc34)cc2)cc1Cl. The molecule has 0 spiro atoms. The zero-order valence-electron chi connectivity index (χ0n) is 17.8. The van der Waals surface area contributed by atoms with Crippen molar-refractivity contribution in [2.75, 3.05) is 24.4 Å². The van der Waals surface area contributed by atoms with Gasteiger partial charge in [-0.2, -0.15) is 0 Å². The summed E-state index contributed by atoms with van der Waals surface area (Å²) >= 11 is 6.09. The van der Waals surface area contributed by atoms with Crippen molar-refractivity contribution in [3.63, 3.8) is 0 Å². The maximum absolute atomic E-state index is 12.5. The van der Waals surface area contributed by atoms with Crippen LogP contribution in [0.2, 0.25) is 5.02 Å². The number of hydrogen-bond donors (Lipinski definition) is 2. The van der Waals surface area contributed by atoms with Crippen molar-refractivity contribution >= 4 is 45.6 Å². The summed E-state index contributed by atoms with van der Waals surface area (Å²) in [7, 11) is 1.52. The van der Waals surface area contributed by atoms with Crippen LogP contribution in [0, 0.1) is 0 Å². The lowest BCUT2D eigenvalue weighted by molar-refractivity contribution is -0.118. The first-order chi connectivity index (χ1) is 16.0. The van der Waals surface area contributed by atoms with Gasteiger partial charge in [0.1, 0.15) is 11.5 Å². The molecule has 4 aromatic carbocycles. The van der Waals surface area contributed by atoms with Crippen LogP contribution >= 0.6 is 11.6 Å². The van der Waals surface area contributed by atoms with Gasteiger partial charge in [-0.25, -0.2) is 0 Å². The molecule has 0 aliphatic rings. The molecule has 0 heterocycles. The van der Waals surface area contributed by atoms with E-state index in [1.54, 1.807) is 42.5 Å². The third-order valence-corrected chi connectivity index (χ3v) is 5.26. The Hall–Kier alpha value is -4.03. The molecule has 0 unspecified atom stereocenters. The van der Waals surface area contributed by atoms with Crippen LogP contribution in [0.25, 0.3) is 10.8 Å². The fourth-order valence-electron chi connectivity index (χ4n) is 3.32. The number of hydrogen-bond acceptors (Lipinski definition) is 4. The Labute approximate surface area is 196 Å². The molecule has 0 aliphatic heterocycles. The summed E-state index contributed by atoms with van der Waals surface area (Å²) in [6.45, 7) is -0.154. The monoisotopic (exact) mass is 460 g/mol. The zero-order chi connectivity index (χ0) is 23.2. The molecule has 0 saturated heterocycles. The second-order valence-electron chi connectivity index (χ2n) is 7.19. The third-order valence-electron chi connectivity index (χ3n) is 4.96. The summed E-state index contributed by atoms with van der Waals surface area (Å²) in [6, 6.07) is 25.1. The van der Waals surface area contributed by atoms with E-state index in [1.807, 2.05) is 42.5 Å². The van der Waals surface area contributed by atoms with E-state index in [-0.39, 0.29) is 18.4 Å². The molecular weight excluding hydrogens is 440 g/mol. The number of benzene rings is 4. The van der Waals surface area contributed by atoms with Crippen LogP contribution in [-0.2, 0) is 4.79 Å². The number of methoxy groups -OCH3 is 1. The molecule has 0 radical (unpaired) electrons. The molecular formula is C26H21ClN2O4. The number of carbonyl (C=O) groups excluding carboxylic acids is 2. The second kappa shape index (κ2) is 10.1. The normalized spacial score (nSPS) is 10.5. The van der Waals surface area contributed by atoms with Crippen molar-refractivity contribution in [2.45, 2.75) is 0 Å². The van der Waals surface area contributed by atoms with Gasteiger partial charge in [-0.15, -0.1) is 0 Å². The summed E-state index contributed by atoms with van der Waals surface area (Å²) in [6.07, 6.45) is 0. The number of halogens is 1. The molecule has 0 aliphatic carbocycles. The number of ether oxygens (including phenoxy) is 2. The van der Waals surface area contributed by atoms with Gasteiger partial charge in [-0.05, 0) is 53.9 Å². The summed E-state index contributed by atoms with van der Waals surface area (Å²) in [4.78, 5) is 24.8. The molecule has 0 saturated carbocycles. The lowest BCUT2D eigenvalue weighted by Crippen LogP contribution is -2.20. The average Bonchev–Trinajstić information content (AvgIpc) is 2.83. The number of anilines is 2. The van der Waals surface area contributed by atoms with Gasteiger partial charge in [-0.3, -0.25) is 9.59 Å². The van der Waals surface area contributed by atoms with Gasteiger partial charge in [0, 0.05) is 22.3 Å². The lowest BCUT2D eigenvalue weighted by atomic mass is 10.1. The summed E-state index contributed by atoms with van der Waals surface area (Å²) in [5, 5.41) is 8.06. The van der Waals surface area contributed by atoms with E-state index in [0.717, 1.165) is 16.5 Å². The van der Waals surface area contributed by atoms with Gasteiger partial charge >= 0.3 is 0 Å². The maximum Gasteiger partial charge on any atom is 0.262 e. The molecule has 6 nitrogen and oxygen atoms in total. The summed E-state index contributed by atoms with van der Waals surface area (Å²) < 4.78 is 10.7. The second-order valence-corrected chi connectivity index (χ2v) is 7.60. The van der Waals surface area contributed by atoms with E-state index in [0.29, 0.717) is 27.8 Å². The van der Waals surface area contributed by atoms with Gasteiger partial charge in [0.05, 0.1) is 12.1 Å². The molecule has 4 rings (SSSR count). The minimum atomic E-state index is -0.295. The minimum absolute atomic E-state index is 0.154. The number of rotatable bonds is 7. The molecule has 0 atom stereocenters. The Morgan fingerprint density at radius 3 is 2.39 bits per heavy atom. The zero-order valence-corrected chi connectivity index (χ0v) is 18.6. The molecule has 0 aromatic heterocycles. The van der Waals surface area contributed by atoms with E-state index in [2.05, 4.69) is 10.6 Å². The van der Waals surface area contributed by atoms with Crippen molar-refractivity contribution in [2.24, 2.45) is 0 Å². The van der Waals surface area contributed by atoms with Crippen LogP contribution in [0.3, 0.4) is 0 Å².